The lowest BCUT2D eigenvalue weighted by atomic mass is 10.2. The normalized spacial score (nSPS) is 10.3. The first-order chi connectivity index (χ1) is 10.6. The van der Waals surface area contributed by atoms with Crippen LogP contribution in [-0.2, 0) is 11.2 Å². The van der Waals surface area contributed by atoms with Gasteiger partial charge in [-0.3, -0.25) is 4.79 Å². The number of benzene rings is 2. The lowest BCUT2D eigenvalue weighted by molar-refractivity contribution is -0.116. The zero-order chi connectivity index (χ0) is 15.9. The fourth-order valence-electron chi connectivity index (χ4n) is 2.06. The van der Waals surface area contributed by atoms with Crippen molar-refractivity contribution in [2.24, 2.45) is 0 Å². The third kappa shape index (κ3) is 5.02. The maximum Gasteiger partial charge on any atom is 0.227 e. The summed E-state index contributed by atoms with van der Waals surface area (Å²) in [6.45, 7) is 4.48. The molecular formula is C18H20INO2. The molecule has 0 saturated carbocycles. The van der Waals surface area contributed by atoms with E-state index in [9.17, 15) is 4.79 Å². The van der Waals surface area contributed by atoms with Crippen LogP contribution >= 0.6 is 22.6 Å². The van der Waals surface area contributed by atoms with Gasteiger partial charge in [0, 0.05) is 9.26 Å². The lowest BCUT2D eigenvalue weighted by Crippen LogP contribution is -2.15. The molecule has 0 aliphatic carbocycles. The molecule has 22 heavy (non-hydrogen) atoms. The molecule has 4 heteroatoms. The minimum Gasteiger partial charge on any atom is -0.493 e. The summed E-state index contributed by atoms with van der Waals surface area (Å²) in [5.41, 5.74) is 3.20. The molecule has 2 aromatic carbocycles. The fraction of sp³-hybridized carbons (Fsp3) is 0.278. The zero-order valence-corrected chi connectivity index (χ0v) is 15.0. The maximum atomic E-state index is 11.9. The molecule has 0 atom stereocenters. The molecule has 116 valence electrons. The quantitative estimate of drug-likeness (QED) is 0.710. The summed E-state index contributed by atoms with van der Waals surface area (Å²) >= 11 is 2.26. The summed E-state index contributed by atoms with van der Waals surface area (Å²) in [7, 11) is 0. The molecule has 0 spiro atoms. The number of carbonyl (C=O) groups is 1. The number of halogens is 1. The standard InChI is InChI=1S/C18H20INO2/c1-3-14-4-7-16(8-5-14)22-11-10-18(21)20-17-9-6-15(19)12-13(17)2/h4-9,12H,3,10-11H2,1-2H3,(H,20,21). The molecule has 0 heterocycles. The molecule has 0 radical (unpaired) electrons. The first kappa shape index (κ1) is 16.8. The van der Waals surface area contributed by atoms with Crippen molar-refractivity contribution in [3.8, 4) is 5.75 Å². The van der Waals surface area contributed by atoms with Crippen molar-refractivity contribution in [3.63, 3.8) is 0 Å². The van der Waals surface area contributed by atoms with E-state index in [0.717, 1.165) is 27.0 Å². The molecule has 0 aliphatic heterocycles. The maximum absolute atomic E-state index is 11.9. The topological polar surface area (TPSA) is 38.3 Å². The summed E-state index contributed by atoms with van der Waals surface area (Å²) in [5, 5.41) is 2.92. The van der Waals surface area contributed by atoms with Crippen LogP contribution in [0.3, 0.4) is 0 Å². The van der Waals surface area contributed by atoms with Crippen LogP contribution in [0, 0.1) is 10.5 Å². The van der Waals surface area contributed by atoms with Gasteiger partial charge in [-0.15, -0.1) is 0 Å². The number of aryl methyl sites for hydroxylation is 2. The van der Waals surface area contributed by atoms with Crippen LogP contribution in [0.15, 0.2) is 42.5 Å². The van der Waals surface area contributed by atoms with Crippen molar-refractivity contribution in [1.82, 2.24) is 0 Å². The largest absolute Gasteiger partial charge is 0.493 e. The highest BCUT2D eigenvalue weighted by molar-refractivity contribution is 14.1. The van der Waals surface area contributed by atoms with Gasteiger partial charge in [-0.1, -0.05) is 19.1 Å². The monoisotopic (exact) mass is 409 g/mol. The Morgan fingerprint density at radius 1 is 1.18 bits per heavy atom. The summed E-state index contributed by atoms with van der Waals surface area (Å²) < 4.78 is 6.76. The van der Waals surface area contributed by atoms with Gasteiger partial charge in [-0.2, -0.15) is 0 Å². The smallest absolute Gasteiger partial charge is 0.227 e. The second-order valence-electron chi connectivity index (χ2n) is 5.10. The SMILES string of the molecule is CCc1ccc(OCCC(=O)Nc2ccc(I)cc2C)cc1. The summed E-state index contributed by atoms with van der Waals surface area (Å²) in [6, 6.07) is 13.9. The molecule has 0 aromatic heterocycles. The Morgan fingerprint density at radius 3 is 2.55 bits per heavy atom. The molecular weight excluding hydrogens is 389 g/mol. The molecule has 3 nitrogen and oxygen atoms in total. The molecule has 2 rings (SSSR count). The third-order valence-electron chi connectivity index (χ3n) is 3.39. The summed E-state index contributed by atoms with van der Waals surface area (Å²) in [4.78, 5) is 11.9. The first-order valence-electron chi connectivity index (χ1n) is 7.36. The second kappa shape index (κ2) is 8.17. The van der Waals surface area contributed by atoms with Crippen molar-refractivity contribution in [1.29, 1.82) is 0 Å². The number of amides is 1. The van der Waals surface area contributed by atoms with Crippen molar-refractivity contribution >= 4 is 34.2 Å². The Labute approximate surface area is 145 Å². The Morgan fingerprint density at radius 2 is 1.91 bits per heavy atom. The first-order valence-corrected chi connectivity index (χ1v) is 8.44. The van der Waals surface area contributed by atoms with E-state index < -0.39 is 0 Å². The van der Waals surface area contributed by atoms with Gasteiger partial charge in [0.1, 0.15) is 5.75 Å². The van der Waals surface area contributed by atoms with Crippen LogP contribution in [0.1, 0.15) is 24.5 Å². The van der Waals surface area contributed by atoms with Crippen LogP contribution in [-0.4, -0.2) is 12.5 Å². The highest BCUT2D eigenvalue weighted by Gasteiger charge is 2.05. The number of ether oxygens (including phenoxy) is 1. The van der Waals surface area contributed by atoms with E-state index in [1.54, 1.807) is 0 Å². The average Bonchev–Trinajstić information content (AvgIpc) is 2.51. The third-order valence-corrected chi connectivity index (χ3v) is 4.06. The van der Waals surface area contributed by atoms with Gasteiger partial charge in [0.05, 0.1) is 13.0 Å². The summed E-state index contributed by atoms with van der Waals surface area (Å²) in [5.74, 6) is 0.768. The van der Waals surface area contributed by atoms with Gasteiger partial charge in [-0.05, 0) is 77.4 Å². The summed E-state index contributed by atoms with van der Waals surface area (Å²) in [6.07, 6.45) is 1.35. The number of rotatable bonds is 6. The van der Waals surface area contributed by atoms with Crippen LogP contribution in [0.4, 0.5) is 5.69 Å². The molecule has 0 bridgehead atoms. The molecule has 0 aliphatic rings. The van der Waals surface area contributed by atoms with Crippen LogP contribution in [0.2, 0.25) is 0 Å². The van der Waals surface area contributed by atoms with Gasteiger partial charge >= 0.3 is 0 Å². The minimum atomic E-state index is -0.0329. The van der Waals surface area contributed by atoms with E-state index in [0.29, 0.717) is 13.0 Å². The zero-order valence-electron chi connectivity index (χ0n) is 12.9. The number of hydrogen-bond donors (Lipinski definition) is 1. The van der Waals surface area contributed by atoms with Crippen molar-refractivity contribution in [3.05, 3.63) is 57.2 Å². The number of carbonyl (C=O) groups excluding carboxylic acids is 1. The fourth-order valence-corrected chi connectivity index (χ4v) is 2.71. The number of hydrogen-bond acceptors (Lipinski definition) is 2. The average molecular weight is 409 g/mol. The van der Waals surface area contributed by atoms with E-state index in [-0.39, 0.29) is 5.91 Å². The predicted octanol–water partition coefficient (Wildman–Crippen LogP) is 4.57. The van der Waals surface area contributed by atoms with Crippen LogP contribution < -0.4 is 10.1 Å². The van der Waals surface area contributed by atoms with Crippen molar-refractivity contribution in [2.75, 3.05) is 11.9 Å². The van der Waals surface area contributed by atoms with Gasteiger partial charge in [0.15, 0.2) is 0 Å². The molecule has 0 saturated heterocycles. The second-order valence-corrected chi connectivity index (χ2v) is 6.35. The van der Waals surface area contributed by atoms with Crippen molar-refractivity contribution in [2.45, 2.75) is 26.7 Å². The molecule has 1 amide bonds. The minimum absolute atomic E-state index is 0.0329. The Hall–Kier alpha value is -1.56. The molecule has 0 fully saturated rings. The van der Waals surface area contributed by atoms with Gasteiger partial charge in [0.2, 0.25) is 5.91 Å². The van der Waals surface area contributed by atoms with Crippen LogP contribution in [0.25, 0.3) is 0 Å². The van der Waals surface area contributed by atoms with E-state index >= 15 is 0 Å². The molecule has 1 N–H and O–H groups in total. The highest BCUT2D eigenvalue weighted by atomic mass is 127. The van der Waals surface area contributed by atoms with Gasteiger partial charge in [0.25, 0.3) is 0 Å². The number of anilines is 1. The van der Waals surface area contributed by atoms with Gasteiger partial charge in [-0.25, -0.2) is 0 Å². The lowest BCUT2D eigenvalue weighted by Gasteiger charge is -2.10. The van der Waals surface area contributed by atoms with Gasteiger partial charge < -0.3 is 10.1 Å². The van der Waals surface area contributed by atoms with E-state index in [1.165, 1.54) is 5.56 Å². The van der Waals surface area contributed by atoms with E-state index in [1.807, 2.05) is 49.4 Å². The molecule has 0 unspecified atom stereocenters. The predicted molar refractivity (Wildman–Crippen MR) is 98.5 cm³/mol. The van der Waals surface area contributed by atoms with Crippen LogP contribution in [0.5, 0.6) is 5.75 Å². The highest BCUT2D eigenvalue weighted by Crippen LogP contribution is 2.18. The Kier molecular flexibility index (Phi) is 6.24. The number of nitrogens with one attached hydrogen (secondary N) is 1. The Bertz CT molecular complexity index is 638. The Balaban J connectivity index is 1.79. The molecule has 2 aromatic rings. The van der Waals surface area contributed by atoms with E-state index in [4.69, 9.17) is 4.74 Å². The van der Waals surface area contributed by atoms with Crippen molar-refractivity contribution < 1.29 is 9.53 Å². The van der Waals surface area contributed by atoms with E-state index in [2.05, 4.69) is 34.8 Å².